The van der Waals surface area contributed by atoms with E-state index in [1.807, 2.05) is 0 Å². The number of carbonyl (C=O) groups excluding carboxylic acids is 2. The summed E-state index contributed by atoms with van der Waals surface area (Å²) in [7, 11) is 0. The predicted octanol–water partition coefficient (Wildman–Crippen LogP) is 2.85. The molecule has 8 nitrogen and oxygen atoms in total. The van der Waals surface area contributed by atoms with Gasteiger partial charge in [0.1, 0.15) is 11.6 Å². The number of unbranched alkanes of at least 4 members (excludes halogenated alkanes) is 2. The minimum Gasteiger partial charge on any atom is -0.481 e. The summed E-state index contributed by atoms with van der Waals surface area (Å²) in [5.41, 5.74) is -0.757. The molecule has 0 saturated carbocycles. The van der Waals surface area contributed by atoms with Crippen molar-refractivity contribution in [3.63, 3.8) is 0 Å². The molecule has 3 aliphatic rings. The largest absolute Gasteiger partial charge is 0.481 e. The van der Waals surface area contributed by atoms with Gasteiger partial charge in [-0.3, -0.25) is 14.4 Å². The van der Waals surface area contributed by atoms with Crippen molar-refractivity contribution in [3.05, 3.63) is 41.9 Å². The van der Waals surface area contributed by atoms with Gasteiger partial charge in [0.05, 0.1) is 28.6 Å². The van der Waals surface area contributed by atoms with E-state index in [0.29, 0.717) is 36.4 Å². The lowest BCUT2D eigenvalue weighted by Gasteiger charge is -2.37. The molecule has 34 heavy (non-hydrogen) atoms. The number of benzene rings is 1. The Bertz CT molecular complexity index is 992. The number of hydrogen-bond acceptors (Lipinski definition) is 5. The molecule has 1 aromatic carbocycles. The number of rotatable bonds is 10. The molecule has 1 spiro atoms. The van der Waals surface area contributed by atoms with Crippen molar-refractivity contribution in [2.24, 2.45) is 11.8 Å². The zero-order valence-electron chi connectivity index (χ0n) is 18.6. The molecule has 1 aromatic rings. The Morgan fingerprint density at radius 2 is 2.06 bits per heavy atom. The van der Waals surface area contributed by atoms with Crippen molar-refractivity contribution in [1.29, 1.82) is 0 Å². The second-order valence-corrected chi connectivity index (χ2v) is 10.6. The highest BCUT2D eigenvalue weighted by molar-refractivity contribution is 9.09. The Hall–Kier alpha value is -1.94. The first kappa shape index (κ1) is 25.2. The maximum absolute atomic E-state index is 14.2. The molecule has 10 heteroatoms. The molecule has 3 unspecified atom stereocenters. The summed E-state index contributed by atoms with van der Waals surface area (Å²) in [5, 5.41) is 19.5. The standard InChI is InChI=1S/C24H28BrClN2O6/c1-2-10-27(16-9-5-4-8-15(16)26)22(31)20-24-13-14(25)19(34-24)17(23(32)33)18(24)21(30)28(20)11-6-3-7-12-29/h2,4-5,8-9,14,17-20,29H,1,3,6-7,10-13H2,(H,32,33)/t14?,17-,18+,19-,20?,24?/m1/s1. The molecule has 6 atom stereocenters. The molecule has 4 rings (SSSR count). The predicted molar refractivity (Wildman–Crippen MR) is 130 cm³/mol. The first-order valence-electron chi connectivity index (χ1n) is 11.4. The van der Waals surface area contributed by atoms with Gasteiger partial charge in [0.15, 0.2) is 0 Å². The molecule has 2 amide bonds. The van der Waals surface area contributed by atoms with E-state index in [1.165, 1.54) is 9.80 Å². The van der Waals surface area contributed by atoms with Gasteiger partial charge in [-0.05, 0) is 37.8 Å². The average molecular weight is 556 g/mol. The number of fused-ring (bicyclic) bond motifs is 1. The second-order valence-electron chi connectivity index (χ2n) is 9.01. The molecule has 2 N–H and O–H groups in total. The van der Waals surface area contributed by atoms with Crippen LogP contribution in [0.25, 0.3) is 0 Å². The summed E-state index contributed by atoms with van der Waals surface area (Å²) in [5.74, 6) is -3.81. The van der Waals surface area contributed by atoms with Crippen LogP contribution in [-0.2, 0) is 19.1 Å². The quantitative estimate of drug-likeness (QED) is 0.261. The molecule has 3 fully saturated rings. The number of ether oxygens (including phenoxy) is 1. The fourth-order valence-corrected chi connectivity index (χ4v) is 6.94. The van der Waals surface area contributed by atoms with Crippen LogP contribution in [0.3, 0.4) is 0 Å². The summed E-state index contributed by atoms with van der Waals surface area (Å²) in [6, 6.07) is 5.94. The van der Waals surface area contributed by atoms with Crippen LogP contribution < -0.4 is 4.90 Å². The van der Waals surface area contributed by atoms with Gasteiger partial charge in [-0.1, -0.05) is 45.7 Å². The first-order chi connectivity index (χ1) is 16.3. The van der Waals surface area contributed by atoms with Gasteiger partial charge in [-0.15, -0.1) is 6.58 Å². The number of aliphatic carboxylic acids is 1. The third-order valence-corrected chi connectivity index (χ3v) is 8.25. The molecule has 2 bridgehead atoms. The highest BCUT2D eigenvalue weighted by Gasteiger charge is 2.76. The molecule has 0 aromatic heterocycles. The summed E-state index contributed by atoms with van der Waals surface area (Å²) in [4.78, 5) is 42.7. The van der Waals surface area contributed by atoms with Crippen molar-refractivity contribution in [2.75, 3.05) is 24.6 Å². The van der Waals surface area contributed by atoms with Gasteiger partial charge < -0.3 is 24.7 Å². The number of carbonyl (C=O) groups is 3. The van der Waals surface area contributed by atoms with Crippen molar-refractivity contribution in [1.82, 2.24) is 4.90 Å². The van der Waals surface area contributed by atoms with Crippen LogP contribution in [0.15, 0.2) is 36.9 Å². The van der Waals surface area contributed by atoms with E-state index >= 15 is 0 Å². The molecule has 0 aliphatic carbocycles. The van der Waals surface area contributed by atoms with Crippen LogP contribution in [-0.4, -0.2) is 75.2 Å². The molecular weight excluding hydrogens is 528 g/mol. The Labute approximate surface area is 211 Å². The minimum atomic E-state index is -1.24. The molecule has 3 heterocycles. The van der Waals surface area contributed by atoms with Crippen LogP contribution >= 0.6 is 27.5 Å². The van der Waals surface area contributed by atoms with Gasteiger partial charge in [0, 0.05) is 24.5 Å². The summed E-state index contributed by atoms with van der Waals surface area (Å²) in [6.45, 7) is 4.24. The number of carboxylic acid groups (broad SMARTS) is 1. The fourth-order valence-electron chi connectivity index (χ4n) is 5.76. The number of aliphatic hydroxyl groups excluding tert-OH is 1. The Morgan fingerprint density at radius 1 is 1.32 bits per heavy atom. The number of amides is 2. The maximum Gasteiger partial charge on any atom is 0.310 e. The average Bonchev–Trinajstić information content (AvgIpc) is 3.39. The van der Waals surface area contributed by atoms with Crippen molar-refractivity contribution in [2.45, 2.75) is 48.3 Å². The highest BCUT2D eigenvalue weighted by Crippen LogP contribution is 2.60. The molecular formula is C24H28BrClN2O6. The third-order valence-electron chi connectivity index (χ3n) is 7.09. The van der Waals surface area contributed by atoms with Crippen LogP contribution in [0.1, 0.15) is 25.7 Å². The monoisotopic (exact) mass is 554 g/mol. The normalized spacial score (nSPS) is 31.6. The summed E-state index contributed by atoms with van der Waals surface area (Å²) >= 11 is 9.96. The van der Waals surface area contributed by atoms with E-state index in [-0.39, 0.29) is 36.3 Å². The second kappa shape index (κ2) is 9.97. The minimum absolute atomic E-state index is 0.0413. The lowest BCUT2D eigenvalue weighted by molar-refractivity contribution is -0.149. The van der Waals surface area contributed by atoms with E-state index in [0.717, 1.165) is 0 Å². The molecule has 0 radical (unpaired) electrons. The first-order valence-corrected chi connectivity index (χ1v) is 12.7. The van der Waals surface area contributed by atoms with Gasteiger partial charge in [-0.2, -0.15) is 0 Å². The van der Waals surface area contributed by atoms with Gasteiger partial charge in [-0.25, -0.2) is 0 Å². The van der Waals surface area contributed by atoms with Crippen molar-refractivity contribution < 1.29 is 29.3 Å². The van der Waals surface area contributed by atoms with E-state index in [4.69, 9.17) is 21.4 Å². The maximum atomic E-state index is 14.2. The number of nitrogens with zero attached hydrogens (tertiary/aromatic N) is 2. The summed E-state index contributed by atoms with van der Waals surface area (Å²) < 4.78 is 6.29. The number of likely N-dealkylation sites (tertiary alicyclic amines) is 1. The molecule has 184 valence electrons. The SMILES string of the molecule is C=CCN(C(=O)C1N(CCCCCO)C(=O)[C@@H]2[C@@H](C(=O)O)[C@@H]3OC12CC3Br)c1ccccc1Cl. The number of aliphatic hydroxyl groups is 1. The van der Waals surface area contributed by atoms with E-state index in [9.17, 15) is 19.5 Å². The topological polar surface area (TPSA) is 107 Å². The smallest absolute Gasteiger partial charge is 0.310 e. The lowest BCUT2D eigenvalue weighted by atomic mass is 9.70. The number of para-hydroxylation sites is 1. The number of alkyl halides is 1. The lowest BCUT2D eigenvalue weighted by Crippen LogP contribution is -2.57. The Morgan fingerprint density at radius 3 is 2.71 bits per heavy atom. The van der Waals surface area contributed by atoms with Crippen LogP contribution in [0.4, 0.5) is 5.69 Å². The molecule has 3 aliphatic heterocycles. The van der Waals surface area contributed by atoms with Crippen LogP contribution in [0, 0.1) is 11.8 Å². The number of hydrogen-bond donors (Lipinski definition) is 2. The highest BCUT2D eigenvalue weighted by atomic mass is 79.9. The van der Waals surface area contributed by atoms with Gasteiger partial charge in [0.25, 0.3) is 5.91 Å². The van der Waals surface area contributed by atoms with Crippen molar-refractivity contribution in [3.8, 4) is 0 Å². The third kappa shape index (κ3) is 3.96. The zero-order valence-corrected chi connectivity index (χ0v) is 21.0. The Balaban J connectivity index is 1.76. The van der Waals surface area contributed by atoms with E-state index < -0.39 is 35.6 Å². The Kier molecular flexibility index (Phi) is 7.38. The number of anilines is 1. The van der Waals surface area contributed by atoms with Crippen LogP contribution in [0.5, 0.6) is 0 Å². The van der Waals surface area contributed by atoms with E-state index in [2.05, 4.69) is 22.5 Å². The zero-order chi connectivity index (χ0) is 24.6. The van der Waals surface area contributed by atoms with Gasteiger partial charge in [0.2, 0.25) is 5.91 Å². The number of halogens is 2. The van der Waals surface area contributed by atoms with Gasteiger partial charge >= 0.3 is 5.97 Å². The number of carboxylic acids is 1. The summed E-state index contributed by atoms with van der Waals surface area (Å²) in [6.07, 6.45) is 3.08. The van der Waals surface area contributed by atoms with E-state index in [1.54, 1.807) is 30.3 Å². The van der Waals surface area contributed by atoms with Crippen molar-refractivity contribution >= 4 is 51.0 Å². The van der Waals surface area contributed by atoms with Crippen LogP contribution in [0.2, 0.25) is 5.02 Å². The molecule has 3 saturated heterocycles. The fraction of sp³-hybridized carbons (Fsp3) is 0.542.